The second kappa shape index (κ2) is 6.34. The summed E-state index contributed by atoms with van der Waals surface area (Å²) in [7, 11) is 0. The molecular formula is C18H14ClFN2O. The summed E-state index contributed by atoms with van der Waals surface area (Å²) in [6.45, 7) is 3.99. The number of amides is 1. The van der Waals surface area contributed by atoms with Crippen LogP contribution in [0, 0.1) is 5.82 Å². The van der Waals surface area contributed by atoms with Crippen molar-refractivity contribution < 1.29 is 9.18 Å². The van der Waals surface area contributed by atoms with Gasteiger partial charge in [-0.15, -0.1) is 6.58 Å². The minimum Gasteiger partial charge on any atom is -0.306 e. The predicted octanol–water partition coefficient (Wildman–Crippen LogP) is 3.85. The number of benzodiazepines with no additional fused rings is 1. The van der Waals surface area contributed by atoms with Gasteiger partial charge in [-0.25, -0.2) is 4.39 Å². The van der Waals surface area contributed by atoms with Crippen molar-refractivity contribution in [3.63, 3.8) is 0 Å². The summed E-state index contributed by atoms with van der Waals surface area (Å²) < 4.78 is 14.2. The minimum absolute atomic E-state index is 0.0518. The molecule has 1 amide bonds. The van der Waals surface area contributed by atoms with E-state index in [4.69, 9.17) is 11.6 Å². The lowest BCUT2D eigenvalue weighted by Crippen LogP contribution is -2.32. The van der Waals surface area contributed by atoms with Gasteiger partial charge in [0.2, 0.25) is 5.91 Å². The Kier molecular flexibility index (Phi) is 4.26. The Morgan fingerprint density at radius 1 is 1.26 bits per heavy atom. The van der Waals surface area contributed by atoms with Gasteiger partial charge < -0.3 is 4.90 Å². The molecule has 1 aliphatic rings. The van der Waals surface area contributed by atoms with E-state index in [1.165, 1.54) is 6.07 Å². The molecule has 23 heavy (non-hydrogen) atoms. The Morgan fingerprint density at radius 3 is 2.78 bits per heavy atom. The normalized spacial score (nSPS) is 14.1. The first-order valence-electron chi connectivity index (χ1n) is 7.12. The van der Waals surface area contributed by atoms with Crippen LogP contribution in [-0.4, -0.2) is 24.7 Å². The number of anilines is 1. The van der Waals surface area contributed by atoms with E-state index in [0.717, 1.165) is 0 Å². The molecule has 116 valence electrons. The molecule has 2 aromatic rings. The van der Waals surface area contributed by atoms with Crippen LogP contribution in [0.3, 0.4) is 0 Å². The van der Waals surface area contributed by atoms with Crippen molar-refractivity contribution >= 4 is 28.9 Å². The first kappa shape index (κ1) is 15.4. The molecule has 0 saturated carbocycles. The Morgan fingerprint density at radius 2 is 2.04 bits per heavy atom. The van der Waals surface area contributed by atoms with E-state index >= 15 is 0 Å². The van der Waals surface area contributed by atoms with E-state index in [2.05, 4.69) is 11.6 Å². The third kappa shape index (κ3) is 2.90. The number of halogens is 2. The molecule has 0 radical (unpaired) electrons. The van der Waals surface area contributed by atoms with Crippen LogP contribution >= 0.6 is 11.6 Å². The minimum atomic E-state index is -0.387. The van der Waals surface area contributed by atoms with E-state index in [-0.39, 0.29) is 18.3 Å². The van der Waals surface area contributed by atoms with Crippen LogP contribution in [-0.2, 0) is 4.79 Å². The summed E-state index contributed by atoms with van der Waals surface area (Å²) in [4.78, 5) is 18.3. The molecule has 0 unspecified atom stereocenters. The van der Waals surface area contributed by atoms with E-state index in [9.17, 15) is 9.18 Å². The SMILES string of the molecule is C=CCN1C(=O)CN=C(c2ccccc2F)c2cc(Cl)ccc21. The fourth-order valence-electron chi connectivity index (χ4n) is 2.60. The Hall–Kier alpha value is -2.46. The highest BCUT2D eigenvalue weighted by Crippen LogP contribution is 2.30. The maximum atomic E-state index is 14.2. The maximum absolute atomic E-state index is 14.2. The van der Waals surface area contributed by atoms with Crippen LogP contribution in [0.5, 0.6) is 0 Å². The highest BCUT2D eigenvalue weighted by molar-refractivity contribution is 6.32. The quantitative estimate of drug-likeness (QED) is 0.788. The smallest absolute Gasteiger partial charge is 0.248 e. The van der Waals surface area contributed by atoms with Gasteiger partial charge in [-0.3, -0.25) is 9.79 Å². The average molecular weight is 329 g/mol. The zero-order valence-electron chi connectivity index (χ0n) is 12.3. The van der Waals surface area contributed by atoms with Crippen LogP contribution in [0.4, 0.5) is 10.1 Å². The van der Waals surface area contributed by atoms with Crippen LogP contribution in [0.15, 0.2) is 60.1 Å². The summed E-state index contributed by atoms with van der Waals surface area (Å²) >= 11 is 6.11. The van der Waals surface area contributed by atoms with Crippen molar-refractivity contribution in [2.75, 3.05) is 18.0 Å². The molecule has 3 rings (SSSR count). The number of rotatable bonds is 3. The van der Waals surface area contributed by atoms with Gasteiger partial charge in [-0.1, -0.05) is 29.8 Å². The first-order valence-corrected chi connectivity index (χ1v) is 7.50. The topological polar surface area (TPSA) is 32.7 Å². The molecular weight excluding hydrogens is 315 g/mol. The molecule has 0 fully saturated rings. The van der Waals surface area contributed by atoms with Gasteiger partial charge in [0, 0.05) is 22.7 Å². The van der Waals surface area contributed by atoms with E-state index < -0.39 is 0 Å². The number of carbonyl (C=O) groups is 1. The van der Waals surface area contributed by atoms with Crippen LogP contribution in [0.25, 0.3) is 0 Å². The molecule has 3 nitrogen and oxygen atoms in total. The van der Waals surface area contributed by atoms with Gasteiger partial charge in [0.15, 0.2) is 0 Å². The third-order valence-corrected chi connectivity index (χ3v) is 3.85. The van der Waals surface area contributed by atoms with Gasteiger partial charge in [-0.05, 0) is 30.3 Å². The fourth-order valence-corrected chi connectivity index (χ4v) is 2.77. The lowest BCUT2D eigenvalue weighted by atomic mass is 9.99. The Labute approximate surface area is 138 Å². The molecule has 1 heterocycles. The zero-order chi connectivity index (χ0) is 16.4. The maximum Gasteiger partial charge on any atom is 0.248 e. The molecule has 0 N–H and O–H groups in total. The Balaban J connectivity index is 2.23. The largest absolute Gasteiger partial charge is 0.306 e. The second-order valence-corrected chi connectivity index (χ2v) is 5.54. The highest BCUT2D eigenvalue weighted by atomic mass is 35.5. The lowest BCUT2D eigenvalue weighted by molar-refractivity contribution is -0.117. The summed E-state index contributed by atoms with van der Waals surface area (Å²) in [6.07, 6.45) is 1.64. The van der Waals surface area contributed by atoms with Crippen molar-refractivity contribution in [2.24, 2.45) is 4.99 Å². The first-order chi connectivity index (χ1) is 11.1. The van der Waals surface area contributed by atoms with Gasteiger partial charge >= 0.3 is 0 Å². The zero-order valence-corrected chi connectivity index (χ0v) is 13.1. The standard InChI is InChI=1S/C18H14ClFN2O/c1-2-9-22-16-8-7-12(19)10-14(16)18(21-11-17(22)23)13-5-3-4-6-15(13)20/h2-8,10H,1,9,11H2. The highest BCUT2D eigenvalue weighted by Gasteiger charge is 2.25. The molecule has 0 aliphatic carbocycles. The summed E-state index contributed by atoms with van der Waals surface area (Å²) in [6, 6.07) is 11.5. The number of aliphatic imine (C=N–C) groups is 1. The molecule has 0 spiro atoms. The monoisotopic (exact) mass is 328 g/mol. The number of benzene rings is 2. The van der Waals surface area contributed by atoms with Crippen molar-refractivity contribution in [3.05, 3.63) is 77.1 Å². The van der Waals surface area contributed by atoms with Crippen LogP contribution in [0.2, 0.25) is 5.02 Å². The molecule has 0 atom stereocenters. The van der Waals surface area contributed by atoms with Crippen molar-refractivity contribution in [1.29, 1.82) is 0 Å². The van der Waals surface area contributed by atoms with E-state index in [1.807, 2.05) is 0 Å². The van der Waals surface area contributed by atoms with Gasteiger partial charge in [0.05, 0.1) is 11.4 Å². The fraction of sp³-hybridized carbons (Fsp3) is 0.111. The second-order valence-electron chi connectivity index (χ2n) is 5.10. The van der Waals surface area contributed by atoms with Gasteiger partial charge in [0.25, 0.3) is 0 Å². The lowest BCUT2D eigenvalue weighted by Gasteiger charge is -2.21. The van der Waals surface area contributed by atoms with Crippen LogP contribution < -0.4 is 4.90 Å². The van der Waals surface area contributed by atoms with Gasteiger partial charge in [-0.2, -0.15) is 0 Å². The predicted molar refractivity (Wildman–Crippen MR) is 90.9 cm³/mol. The van der Waals surface area contributed by atoms with Crippen molar-refractivity contribution in [2.45, 2.75) is 0 Å². The number of hydrogen-bond acceptors (Lipinski definition) is 2. The van der Waals surface area contributed by atoms with Crippen LogP contribution in [0.1, 0.15) is 11.1 Å². The summed E-state index contributed by atoms with van der Waals surface area (Å²) in [5, 5.41) is 0.501. The van der Waals surface area contributed by atoms with Crippen molar-refractivity contribution in [3.8, 4) is 0 Å². The Bertz CT molecular complexity index is 816. The van der Waals surface area contributed by atoms with E-state index in [0.29, 0.717) is 34.1 Å². The third-order valence-electron chi connectivity index (χ3n) is 3.62. The number of carbonyl (C=O) groups excluding carboxylic acids is 1. The molecule has 1 aliphatic heterocycles. The summed E-state index contributed by atoms with van der Waals surface area (Å²) in [5.41, 5.74) is 2.07. The molecule has 5 heteroatoms. The molecule has 0 bridgehead atoms. The van der Waals surface area contributed by atoms with Gasteiger partial charge in [0.1, 0.15) is 12.4 Å². The summed E-state index contributed by atoms with van der Waals surface area (Å²) in [5.74, 6) is -0.554. The molecule has 2 aromatic carbocycles. The molecule has 0 saturated heterocycles. The van der Waals surface area contributed by atoms with E-state index in [1.54, 1.807) is 47.4 Å². The number of fused-ring (bicyclic) bond motifs is 1. The number of hydrogen-bond donors (Lipinski definition) is 0. The molecule has 0 aromatic heterocycles. The van der Waals surface area contributed by atoms with Crippen molar-refractivity contribution in [1.82, 2.24) is 0 Å². The average Bonchev–Trinajstić information content (AvgIpc) is 2.66. The number of nitrogens with zero attached hydrogens (tertiary/aromatic N) is 2.